The lowest BCUT2D eigenvalue weighted by Crippen LogP contribution is -2.40. The highest BCUT2D eigenvalue weighted by atomic mass is 19.1. The molecule has 1 heterocycles. The first-order valence-corrected chi connectivity index (χ1v) is 8.18. The molecule has 1 saturated heterocycles. The van der Waals surface area contributed by atoms with Crippen molar-refractivity contribution < 1.29 is 14.0 Å². The van der Waals surface area contributed by atoms with Gasteiger partial charge >= 0.3 is 0 Å². The number of benzene rings is 1. The lowest BCUT2D eigenvalue weighted by molar-refractivity contribution is -0.139. The van der Waals surface area contributed by atoms with E-state index in [1.165, 1.54) is 23.5 Å². The highest BCUT2D eigenvalue weighted by molar-refractivity contribution is 6.06. The second kappa shape index (κ2) is 4.43. The lowest BCUT2D eigenvalue weighted by atomic mass is 9.63. The molecule has 118 valence electrons. The lowest BCUT2D eigenvalue weighted by Gasteiger charge is -2.37. The van der Waals surface area contributed by atoms with Crippen LogP contribution in [-0.4, -0.2) is 23.4 Å². The molecule has 4 nitrogen and oxygen atoms in total. The average molecular weight is 312 g/mol. The molecular weight excluding hydrogens is 295 g/mol. The van der Waals surface area contributed by atoms with Crippen molar-refractivity contribution in [1.82, 2.24) is 4.90 Å². The molecule has 6 rings (SSSR count). The van der Waals surface area contributed by atoms with Crippen LogP contribution in [0.4, 0.5) is 10.1 Å². The number of nitrogens with zero attached hydrogens (tertiary/aromatic N) is 1. The predicted molar refractivity (Wildman–Crippen MR) is 81.4 cm³/mol. The van der Waals surface area contributed by atoms with Crippen LogP contribution in [0.15, 0.2) is 36.4 Å². The van der Waals surface area contributed by atoms with Gasteiger partial charge in [0.15, 0.2) is 0 Å². The number of anilines is 1. The zero-order valence-corrected chi connectivity index (χ0v) is 12.5. The second-order valence-electron chi connectivity index (χ2n) is 7.10. The Hall–Kier alpha value is -2.17. The Bertz CT molecular complexity index is 693. The molecular formula is C18H17FN2O2. The smallest absolute Gasteiger partial charge is 0.235 e. The molecule has 1 aliphatic heterocycles. The summed E-state index contributed by atoms with van der Waals surface area (Å²) in [5.41, 5.74) is 0.700. The number of hydrogen-bond donors (Lipinski definition) is 1. The van der Waals surface area contributed by atoms with Gasteiger partial charge in [0.25, 0.3) is 0 Å². The molecule has 1 N–H and O–H groups in total. The molecule has 6 atom stereocenters. The van der Waals surface area contributed by atoms with Gasteiger partial charge in [-0.2, -0.15) is 0 Å². The Morgan fingerprint density at radius 3 is 2.13 bits per heavy atom. The maximum atomic E-state index is 12.9. The van der Waals surface area contributed by atoms with E-state index in [-0.39, 0.29) is 48.0 Å². The number of imide groups is 1. The van der Waals surface area contributed by atoms with E-state index >= 15 is 0 Å². The summed E-state index contributed by atoms with van der Waals surface area (Å²) in [6.07, 6.45) is 5.51. The minimum Gasteiger partial charge on any atom is -0.367 e. The van der Waals surface area contributed by atoms with Crippen LogP contribution in [0.2, 0.25) is 0 Å². The third-order valence-corrected chi connectivity index (χ3v) is 6.04. The summed E-state index contributed by atoms with van der Waals surface area (Å²) in [4.78, 5) is 26.9. The molecule has 1 aromatic rings. The van der Waals surface area contributed by atoms with E-state index in [1.54, 1.807) is 12.1 Å². The van der Waals surface area contributed by atoms with Crippen LogP contribution in [0.1, 0.15) is 6.42 Å². The molecule has 0 radical (unpaired) electrons. The molecule has 3 fully saturated rings. The third-order valence-electron chi connectivity index (χ3n) is 6.04. The second-order valence-corrected chi connectivity index (χ2v) is 7.10. The average Bonchev–Trinajstić information content (AvgIpc) is 3.33. The zero-order chi connectivity index (χ0) is 15.7. The molecule has 0 unspecified atom stereocenters. The molecule has 1 aromatic carbocycles. The SMILES string of the molecule is O=C1[C@H]2[C@@H]3C=C[C@@H]([C@H]4C[C@H]34)[C@@H]2C(=O)N1CNc1ccc(F)cc1. The number of amides is 2. The van der Waals surface area contributed by atoms with Crippen molar-refractivity contribution in [3.05, 3.63) is 42.2 Å². The van der Waals surface area contributed by atoms with Crippen LogP contribution in [0.5, 0.6) is 0 Å². The molecule has 5 aliphatic rings. The fraction of sp³-hybridized carbons (Fsp3) is 0.444. The van der Waals surface area contributed by atoms with E-state index in [2.05, 4.69) is 17.5 Å². The quantitative estimate of drug-likeness (QED) is 0.688. The first kappa shape index (κ1) is 13.3. The predicted octanol–water partition coefficient (Wildman–Crippen LogP) is 2.25. The number of halogens is 1. The summed E-state index contributed by atoms with van der Waals surface area (Å²) in [6, 6.07) is 5.92. The minimum absolute atomic E-state index is 0.0423. The van der Waals surface area contributed by atoms with Crippen LogP contribution < -0.4 is 5.32 Å². The van der Waals surface area contributed by atoms with Crippen LogP contribution in [-0.2, 0) is 9.59 Å². The van der Waals surface area contributed by atoms with Crippen LogP contribution in [0, 0.1) is 41.3 Å². The first-order chi connectivity index (χ1) is 11.1. The molecule has 4 aliphatic carbocycles. The highest BCUT2D eigenvalue weighted by Crippen LogP contribution is 2.65. The van der Waals surface area contributed by atoms with Gasteiger partial charge in [0, 0.05) is 5.69 Å². The van der Waals surface area contributed by atoms with E-state index in [0.717, 1.165) is 0 Å². The van der Waals surface area contributed by atoms with Crippen molar-refractivity contribution in [2.75, 3.05) is 12.0 Å². The number of nitrogens with one attached hydrogen (secondary N) is 1. The van der Waals surface area contributed by atoms with Crippen molar-refractivity contribution in [3.8, 4) is 0 Å². The van der Waals surface area contributed by atoms with Gasteiger partial charge < -0.3 is 5.32 Å². The van der Waals surface area contributed by atoms with Crippen LogP contribution in [0.25, 0.3) is 0 Å². The van der Waals surface area contributed by atoms with Gasteiger partial charge in [0.05, 0.1) is 18.5 Å². The number of likely N-dealkylation sites (tertiary alicyclic amines) is 1. The summed E-state index contributed by atoms with van der Waals surface area (Å²) >= 11 is 0. The zero-order valence-electron chi connectivity index (χ0n) is 12.5. The minimum atomic E-state index is -0.309. The Labute approximate surface area is 133 Å². The van der Waals surface area contributed by atoms with E-state index in [9.17, 15) is 14.0 Å². The van der Waals surface area contributed by atoms with Gasteiger partial charge in [0.2, 0.25) is 11.8 Å². The standard InChI is InChI=1S/C18H17FN2O2/c19-9-1-3-10(4-2-9)20-8-21-17(22)15-11-5-6-12(14-7-13(11)14)16(15)18(21)23/h1-6,11-16,20H,7-8H2/t11-,12+,13-,14-,15+,16+/m1/s1. The van der Waals surface area contributed by atoms with Gasteiger partial charge in [-0.15, -0.1) is 0 Å². The summed E-state index contributed by atoms with van der Waals surface area (Å²) in [5.74, 6) is 1.04. The first-order valence-electron chi connectivity index (χ1n) is 8.18. The van der Waals surface area contributed by atoms with E-state index in [0.29, 0.717) is 17.5 Å². The summed E-state index contributed by atoms with van der Waals surface area (Å²) < 4.78 is 12.9. The number of rotatable bonds is 3. The van der Waals surface area contributed by atoms with Gasteiger partial charge in [0.1, 0.15) is 5.82 Å². The Morgan fingerprint density at radius 1 is 1.00 bits per heavy atom. The van der Waals surface area contributed by atoms with E-state index in [1.807, 2.05) is 0 Å². The fourth-order valence-electron chi connectivity index (χ4n) is 4.91. The van der Waals surface area contributed by atoms with Gasteiger partial charge in [-0.1, -0.05) is 12.2 Å². The summed E-state index contributed by atoms with van der Waals surface area (Å²) in [5, 5.41) is 3.05. The summed E-state index contributed by atoms with van der Waals surface area (Å²) in [6.45, 7) is 0.158. The fourth-order valence-corrected chi connectivity index (χ4v) is 4.91. The largest absolute Gasteiger partial charge is 0.367 e. The topological polar surface area (TPSA) is 49.4 Å². The van der Waals surface area contributed by atoms with Gasteiger partial charge in [-0.25, -0.2) is 4.39 Å². The van der Waals surface area contributed by atoms with Gasteiger partial charge in [-0.05, 0) is 54.4 Å². The number of carbonyl (C=O) groups excluding carboxylic acids is 2. The van der Waals surface area contributed by atoms with Crippen molar-refractivity contribution in [2.24, 2.45) is 35.5 Å². The van der Waals surface area contributed by atoms with Crippen molar-refractivity contribution in [2.45, 2.75) is 6.42 Å². The number of allylic oxidation sites excluding steroid dienone is 2. The summed E-state index contributed by atoms with van der Waals surface area (Å²) in [7, 11) is 0. The van der Waals surface area contributed by atoms with E-state index in [4.69, 9.17) is 0 Å². The third kappa shape index (κ3) is 1.76. The Morgan fingerprint density at radius 2 is 1.57 bits per heavy atom. The molecule has 0 spiro atoms. The Kier molecular flexibility index (Phi) is 2.56. The van der Waals surface area contributed by atoms with Crippen molar-refractivity contribution >= 4 is 17.5 Å². The molecule has 5 heteroatoms. The highest BCUT2D eigenvalue weighted by Gasteiger charge is 2.66. The van der Waals surface area contributed by atoms with E-state index < -0.39 is 0 Å². The molecule has 2 bridgehead atoms. The monoisotopic (exact) mass is 312 g/mol. The normalized spacial score (nSPS) is 39.4. The van der Waals surface area contributed by atoms with Crippen LogP contribution in [0.3, 0.4) is 0 Å². The van der Waals surface area contributed by atoms with Crippen molar-refractivity contribution in [3.63, 3.8) is 0 Å². The molecule has 0 aromatic heterocycles. The molecule has 23 heavy (non-hydrogen) atoms. The maximum Gasteiger partial charge on any atom is 0.235 e. The maximum absolute atomic E-state index is 12.9. The molecule has 2 amide bonds. The number of carbonyl (C=O) groups is 2. The molecule has 2 saturated carbocycles. The van der Waals surface area contributed by atoms with Crippen molar-refractivity contribution in [1.29, 1.82) is 0 Å². The van der Waals surface area contributed by atoms with Crippen LogP contribution >= 0.6 is 0 Å². The number of hydrogen-bond acceptors (Lipinski definition) is 3. The van der Waals surface area contributed by atoms with Gasteiger partial charge in [-0.3, -0.25) is 14.5 Å². The Balaban J connectivity index is 1.36.